The smallest absolute Gasteiger partial charge is 0.263 e. The van der Waals surface area contributed by atoms with Gasteiger partial charge < -0.3 is 10.2 Å². The summed E-state index contributed by atoms with van der Waals surface area (Å²) in [6.45, 7) is 0.178. The first-order valence-electron chi connectivity index (χ1n) is 8.24. The molecule has 1 amide bonds. The van der Waals surface area contributed by atoms with E-state index in [1.165, 1.54) is 18.2 Å². The van der Waals surface area contributed by atoms with Crippen LogP contribution in [0.3, 0.4) is 0 Å². The van der Waals surface area contributed by atoms with Crippen molar-refractivity contribution in [3.63, 3.8) is 0 Å². The number of likely N-dealkylation sites (N-methyl/N-ethyl adjacent to an activating group) is 1. The number of sulfonamides is 1. The number of hydrogen-bond donors (Lipinski definition) is 2. The Morgan fingerprint density at radius 3 is 2.43 bits per heavy atom. The van der Waals surface area contributed by atoms with Crippen LogP contribution in [0.2, 0.25) is 5.15 Å². The molecule has 0 saturated heterocycles. The molecule has 0 radical (unpaired) electrons. The number of carbonyl (C=O) groups is 1. The summed E-state index contributed by atoms with van der Waals surface area (Å²) in [5.74, 6) is -0.321. The highest BCUT2D eigenvalue weighted by molar-refractivity contribution is 7.92. The van der Waals surface area contributed by atoms with E-state index in [0.717, 1.165) is 0 Å². The predicted molar refractivity (Wildman–Crippen MR) is 109 cm³/mol. The number of hydrogen-bond acceptors (Lipinski definition) is 6. The number of aromatic nitrogens is 2. The van der Waals surface area contributed by atoms with Gasteiger partial charge in [0.25, 0.3) is 10.0 Å². The number of amides is 1. The fourth-order valence-electron chi connectivity index (χ4n) is 2.46. The summed E-state index contributed by atoms with van der Waals surface area (Å²) in [4.78, 5) is 21.9. The van der Waals surface area contributed by atoms with E-state index in [-0.39, 0.29) is 28.3 Å². The molecule has 0 aliphatic carbocycles. The van der Waals surface area contributed by atoms with Crippen molar-refractivity contribution in [3.05, 3.63) is 53.7 Å². The molecule has 1 aromatic heterocycles. The fraction of sp³-hybridized carbons (Fsp3) is 0.167. The SMILES string of the molecule is CN(C)CC(=O)Nc1cccc(S(=O)(=O)Nc2nc3ccccc3nc2Cl)c1. The number of para-hydroxylation sites is 2. The van der Waals surface area contributed by atoms with Crippen LogP contribution < -0.4 is 10.0 Å². The van der Waals surface area contributed by atoms with Crippen molar-refractivity contribution in [1.29, 1.82) is 0 Å². The maximum Gasteiger partial charge on any atom is 0.263 e. The van der Waals surface area contributed by atoms with E-state index in [1.807, 2.05) is 0 Å². The topological polar surface area (TPSA) is 104 Å². The Bertz CT molecular complexity index is 1140. The molecule has 10 heteroatoms. The number of benzene rings is 2. The van der Waals surface area contributed by atoms with Crippen molar-refractivity contribution >= 4 is 50.1 Å². The van der Waals surface area contributed by atoms with E-state index in [0.29, 0.717) is 16.7 Å². The van der Waals surface area contributed by atoms with Gasteiger partial charge in [-0.2, -0.15) is 0 Å². The zero-order chi connectivity index (χ0) is 20.3. The summed E-state index contributed by atoms with van der Waals surface area (Å²) in [6, 6.07) is 12.9. The van der Waals surface area contributed by atoms with Gasteiger partial charge in [-0.15, -0.1) is 0 Å². The highest BCUT2D eigenvalue weighted by atomic mass is 35.5. The molecule has 0 atom stereocenters. The number of fused-ring (bicyclic) bond motifs is 1. The second-order valence-electron chi connectivity index (χ2n) is 6.27. The Labute approximate surface area is 167 Å². The predicted octanol–water partition coefficient (Wildman–Crippen LogP) is 2.58. The minimum Gasteiger partial charge on any atom is -0.325 e. The monoisotopic (exact) mass is 419 g/mol. The molecule has 8 nitrogen and oxygen atoms in total. The molecule has 0 unspecified atom stereocenters. The van der Waals surface area contributed by atoms with Crippen molar-refractivity contribution in [2.45, 2.75) is 4.90 Å². The van der Waals surface area contributed by atoms with Crippen LogP contribution in [0, 0.1) is 0 Å². The van der Waals surface area contributed by atoms with Gasteiger partial charge >= 0.3 is 0 Å². The normalized spacial score (nSPS) is 11.6. The van der Waals surface area contributed by atoms with Crippen molar-refractivity contribution < 1.29 is 13.2 Å². The minimum atomic E-state index is -3.98. The van der Waals surface area contributed by atoms with Crippen LogP contribution in [0.15, 0.2) is 53.4 Å². The lowest BCUT2D eigenvalue weighted by molar-refractivity contribution is -0.116. The third-order valence-electron chi connectivity index (χ3n) is 3.65. The van der Waals surface area contributed by atoms with Gasteiger partial charge in [-0.25, -0.2) is 18.4 Å². The van der Waals surface area contributed by atoms with Crippen LogP contribution in [-0.4, -0.2) is 49.8 Å². The number of rotatable bonds is 6. The zero-order valence-corrected chi connectivity index (χ0v) is 16.8. The molecular formula is C18H18ClN5O3S. The maximum atomic E-state index is 12.7. The first-order chi connectivity index (χ1) is 13.2. The Morgan fingerprint density at radius 1 is 1.07 bits per heavy atom. The van der Waals surface area contributed by atoms with Gasteiger partial charge in [-0.3, -0.25) is 9.52 Å². The molecule has 1 heterocycles. The third-order valence-corrected chi connectivity index (χ3v) is 5.25. The molecule has 0 aliphatic heterocycles. The van der Waals surface area contributed by atoms with Crippen LogP contribution in [0.4, 0.5) is 11.5 Å². The Hall–Kier alpha value is -2.75. The molecule has 0 bridgehead atoms. The molecule has 0 spiro atoms. The standard InChI is InChI=1S/C18H18ClN5O3S/c1-24(2)11-16(25)20-12-6-5-7-13(10-12)28(26,27)23-18-17(19)21-14-8-3-4-9-15(14)22-18/h3-10H,11H2,1-2H3,(H,20,25)(H,22,23). The first kappa shape index (κ1) is 20.0. The molecule has 0 fully saturated rings. The van der Waals surface area contributed by atoms with Crippen molar-refractivity contribution in [2.24, 2.45) is 0 Å². The van der Waals surface area contributed by atoms with Crippen LogP contribution in [0.5, 0.6) is 0 Å². The first-order valence-corrected chi connectivity index (χ1v) is 10.1. The van der Waals surface area contributed by atoms with Crippen molar-refractivity contribution in [1.82, 2.24) is 14.9 Å². The average Bonchev–Trinajstić information content (AvgIpc) is 2.61. The molecule has 2 N–H and O–H groups in total. The summed E-state index contributed by atoms with van der Waals surface area (Å²) >= 11 is 6.08. The van der Waals surface area contributed by atoms with Gasteiger partial charge in [-0.1, -0.05) is 29.8 Å². The summed E-state index contributed by atoms with van der Waals surface area (Å²) in [5, 5.41) is 2.60. The highest BCUT2D eigenvalue weighted by Crippen LogP contribution is 2.24. The maximum absolute atomic E-state index is 12.7. The second-order valence-corrected chi connectivity index (χ2v) is 8.31. The zero-order valence-electron chi connectivity index (χ0n) is 15.2. The van der Waals surface area contributed by atoms with E-state index in [2.05, 4.69) is 20.0 Å². The summed E-state index contributed by atoms with van der Waals surface area (Å²) in [7, 11) is -0.459. The van der Waals surface area contributed by atoms with E-state index in [4.69, 9.17) is 11.6 Å². The average molecular weight is 420 g/mol. The van der Waals surface area contributed by atoms with E-state index >= 15 is 0 Å². The van der Waals surface area contributed by atoms with Crippen molar-refractivity contribution in [2.75, 3.05) is 30.7 Å². The van der Waals surface area contributed by atoms with Gasteiger partial charge in [-0.05, 0) is 44.4 Å². The number of nitrogens with one attached hydrogen (secondary N) is 2. The second kappa shape index (κ2) is 8.09. The minimum absolute atomic E-state index is 0.0406. The van der Waals surface area contributed by atoms with Crippen LogP contribution in [0.1, 0.15) is 0 Å². The molecule has 0 aliphatic rings. The van der Waals surface area contributed by atoms with Gasteiger partial charge in [0.15, 0.2) is 11.0 Å². The molecule has 0 saturated carbocycles. The van der Waals surface area contributed by atoms with Gasteiger partial charge in [0.1, 0.15) is 0 Å². The number of anilines is 2. The Balaban J connectivity index is 1.86. The van der Waals surface area contributed by atoms with Gasteiger partial charge in [0.05, 0.1) is 22.5 Å². The van der Waals surface area contributed by atoms with Gasteiger partial charge in [0, 0.05) is 5.69 Å². The molecule has 146 valence electrons. The highest BCUT2D eigenvalue weighted by Gasteiger charge is 2.19. The largest absolute Gasteiger partial charge is 0.325 e. The van der Waals surface area contributed by atoms with E-state index < -0.39 is 10.0 Å². The Morgan fingerprint density at radius 2 is 1.75 bits per heavy atom. The van der Waals surface area contributed by atoms with Gasteiger partial charge in [0.2, 0.25) is 5.91 Å². The van der Waals surface area contributed by atoms with Crippen LogP contribution >= 0.6 is 11.6 Å². The summed E-state index contributed by atoms with van der Waals surface area (Å²) in [6.07, 6.45) is 0. The summed E-state index contributed by atoms with van der Waals surface area (Å²) < 4.78 is 27.8. The lowest BCUT2D eigenvalue weighted by Crippen LogP contribution is -2.27. The molecular weight excluding hydrogens is 402 g/mol. The van der Waals surface area contributed by atoms with E-state index in [9.17, 15) is 13.2 Å². The quantitative estimate of drug-likeness (QED) is 0.636. The van der Waals surface area contributed by atoms with Crippen LogP contribution in [0.25, 0.3) is 11.0 Å². The summed E-state index contributed by atoms with van der Waals surface area (Å²) in [5.41, 5.74) is 1.43. The fourth-order valence-corrected chi connectivity index (χ4v) is 3.75. The number of nitrogens with zero attached hydrogens (tertiary/aromatic N) is 3. The lowest BCUT2D eigenvalue weighted by Gasteiger charge is -2.12. The van der Waals surface area contributed by atoms with E-state index in [1.54, 1.807) is 49.3 Å². The molecule has 3 rings (SSSR count). The molecule has 28 heavy (non-hydrogen) atoms. The Kier molecular flexibility index (Phi) is 5.78. The van der Waals surface area contributed by atoms with Crippen molar-refractivity contribution in [3.8, 4) is 0 Å². The molecule has 2 aromatic carbocycles. The number of carbonyl (C=O) groups excluding carboxylic acids is 1. The third kappa shape index (κ3) is 4.75. The van der Waals surface area contributed by atoms with Crippen LogP contribution in [-0.2, 0) is 14.8 Å². The lowest BCUT2D eigenvalue weighted by atomic mass is 10.3. The molecule has 3 aromatic rings. The number of halogens is 1.